The molecule has 0 bridgehead atoms. The van der Waals surface area contributed by atoms with Gasteiger partial charge in [0, 0.05) is 31.6 Å². The summed E-state index contributed by atoms with van der Waals surface area (Å²) in [5.74, 6) is 1.12. The summed E-state index contributed by atoms with van der Waals surface area (Å²) < 4.78 is 2.27. The summed E-state index contributed by atoms with van der Waals surface area (Å²) in [6, 6.07) is 0. The van der Waals surface area contributed by atoms with E-state index in [1.54, 1.807) is 16.8 Å². The lowest BCUT2D eigenvalue weighted by Crippen LogP contribution is -2.22. The third-order valence-corrected chi connectivity index (χ3v) is 4.27. The second kappa shape index (κ2) is 5.57. The number of halogens is 1. The van der Waals surface area contributed by atoms with Crippen LogP contribution in [0.25, 0.3) is 5.78 Å². The SMILES string of the molecule is CC(=O)NCCSc1c(Br)c(=O)[nH]c2nccn12. The van der Waals surface area contributed by atoms with E-state index < -0.39 is 0 Å². The van der Waals surface area contributed by atoms with Crippen molar-refractivity contribution < 1.29 is 4.79 Å². The van der Waals surface area contributed by atoms with Crippen molar-refractivity contribution in [3.63, 3.8) is 0 Å². The minimum Gasteiger partial charge on any atom is -0.356 e. The van der Waals surface area contributed by atoms with Crippen LogP contribution in [0.4, 0.5) is 0 Å². The molecule has 0 unspecified atom stereocenters. The molecule has 0 saturated heterocycles. The van der Waals surface area contributed by atoms with E-state index >= 15 is 0 Å². The van der Waals surface area contributed by atoms with E-state index in [2.05, 4.69) is 31.2 Å². The molecule has 0 aliphatic heterocycles. The third-order valence-electron chi connectivity index (χ3n) is 2.19. The highest BCUT2D eigenvalue weighted by atomic mass is 79.9. The lowest BCUT2D eigenvalue weighted by molar-refractivity contribution is -0.118. The highest BCUT2D eigenvalue weighted by molar-refractivity contribution is 9.10. The fourth-order valence-electron chi connectivity index (χ4n) is 1.43. The molecule has 2 rings (SSSR count). The summed E-state index contributed by atoms with van der Waals surface area (Å²) in [6.45, 7) is 2.03. The number of fused-ring (bicyclic) bond motifs is 1. The van der Waals surface area contributed by atoms with Crippen molar-refractivity contribution in [3.8, 4) is 0 Å². The number of hydrogen-bond donors (Lipinski definition) is 2. The van der Waals surface area contributed by atoms with E-state index in [4.69, 9.17) is 0 Å². The van der Waals surface area contributed by atoms with Crippen molar-refractivity contribution in [2.24, 2.45) is 0 Å². The van der Waals surface area contributed by atoms with Gasteiger partial charge in [0.25, 0.3) is 5.56 Å². The largest absolute Gasteiger partial charge is 0.356 e. The van der Waals surface area contributed by atoms with Gasteiger partial charge in [-0.2, -0.15) is 0 Å². The Hall–Kier alpha value is -1.28. The molecule has 0 radical (unpaired) electrons. The smallest absolute Gasteiger partial charge is 0.267 e. The van der Waals surface area contributed by atoms with Crippen molar-refractivity contribution in [1.82, 2.24) is 19.7 Å². The molecule has 8 heteroatoms. The van der Waals surface area contributed by atoms with Gasteiger partial charge in [-0.05, 0) is 15.9 Å². The molecular weight excluding hydrogens is 320 g/mol. The number of nitrogens with one attached hydrogen (secondary N) is 2. The number of carbonyl (C=O) groups is 1. The van der Waals surface area contributed by atoms with Crippen LogP contribution in [0.1, 0.15) is 6.92 Å². The van der Waals surface area contributed by atoms with Gasteiger partial charge in [-0.1, -0.05) is 0 Å². The molecule has 0 atom stereocenters. The maximum Gasteiger partial charge on any atom is 0.267 e. The minimum absolute atomic E-state index is 0.0617. The Balaban J connectivity index is 2.21. The van der Waals surface area contributed by atoms with Crippen molar-refractivity contribution in [2.75, 3.05) is 12.3 Å². The summed E-state index contributed by atoms with van der Waals surface area (Å²) in [5, 5.41) is 3.48. The van der Waals surface area contributed by atoms with Crippen LogP contribution in [0.5, 0.6) is 0 Å². The molecule has 0 fully saturated rings. The number of H-pyrrole nitrogens is 1. The van der Waals surface area contributed by atoms with Crippen LogP contribution in [0, 0.1) is 0 Å². The lowest BCUT2D eigenvalue weighted by atomic mass is 10.6. The lowest BCUT2D eigenvalue weighted by Gasteiger charge is -2.07. The zero-order chi connectivity index (χ0) is 13.1. The van der Waals surface area contributed by atoms with Crippen LogP contribution in [0.2, 0.25) is 0 Å². The van der Waals surface area contributed by atoms with Gasteiger partial charge in [0.2, 0.25) is 11.7 Å². The molecule has 0 aromatic carbocycles. The van der Waals surface area contributed by atoms with Crippen molar-refractivity contribution in [3.05, 3.63) is 27.2 Å². The number of nitrogens with zero attached hydrogens (tertiary/aromatic N) is 2. The molecule has 0 spiro atoms. The fraction of sp³-hybridized carbons (Fsp3) is 0.300. The van der Waals surface area contributed by atoms with E-state index in [-0.39, 0.29) is 11.5 Å². The van der Waals surface area contributed by atoms with Gasteiger partial charge in [-0.3, -0.25) is 19.0 Å². The van der Waals surface area contributed by atoms with Gasteiger partial charge in [-0.15, -0.1) is 11.8 Å². The standard InChI is InChI=1S/C10H11BrN4O2S/c1-6(16)12-3-5-18-9-7(11)8(17)14-10-13-2-4-15(9)10/h2,4H,3,5H2,1H3,(H,12,16)(H,13,14,17). The molecule has 18 heavy (non-hydrogen) atoms. The van der Waals surface area contributed by atoms with Gasteiger partial charge in [0.05, 0.1) is 0 Å². The Morgan fingerprint density at radius 3 is 3.17 bits per heavy atom. The Bertz CT molecular complexity index is 636. The Morgan fingerprint density at radius 1 is 1.67 bits per heavy atom. The number of carbonyl (C=O) groups excluding carboxylic acids is 1. The highest BCUT2D eigenvalue weighted by Gasteiger charge is 2.11. The fourth-order valence-corrected chi connectivity index (χ4v) is 2.96. The molecule has 2 N–H and O–H groups in total. The Morgan fingerprint density at radius 2 is 2.44 bits per heavy atom. The molecule has 1 amide bonds. The molecular formula is C10H11BrN4O2S. The monoisotopic (exact) mass is 330 g/mol. The van der Waals surface area contributed by atoms with Crippen molar-refractivity contribution in [1.29, 1.82) is 0 Å². The van der Waals surface area contributed by atoms with Crippen molar-refractivity contribution >= 4 is 39.4 Å². The molecule has 0 aliphatic rings. The second-order valence-corrected chi connectivity index (χ2v) is 5.40. The highest BCUT2D eigenvalue weighted by Crippen LogP contribution is 2.24. The van der Waals surface area contributed by atoms with E-state index in [0.717, 1.165) is 5.03 Å². The summed E-state index contributed by atoms with van der Waals surface area (Å²) in [5.41, 5.74) is -0.212. The molecule has 0 saturated carbocycles. The second-order valence-electron chi connectivity index (χ2n) is 3.53. The van der Waals surface area contributed by atoms with Crippen LogP contribution in [0.3, 0.4) is 0 Å². The average molecular weight is 331 g/mol. The van der Waals surface area contributed by atoms with Crippen LogP contribution < -0.4 is 10.9 Å². The van der Waals surface area contributed by atoms with Crippen LogP contribution in [0.15, 0.2) is 26.7 Å². The van der Waals surface area contributed by atoms with Crippen LogP contribution in [-0.4, -0.2) is 32.6 Å². The molecule has 6 nitrogen and oxygen atoms in total. The molecule has 96 valence electrons. The first kappa shape index (κ1) is 13.2. The van der Waals surface area contributed by atoms with Crippen molar-refractivity contribution in [2.45, 2.75) is 11.9 Å². The third kappa shape index (κ3) is 2.75. The number of thioether (sulfide) groups is 1. The summed E-state index contributed by atoms with van der Waals surface area (Å²) in [4.78, 5) is 29.1. The topological polar surface area (TPSA) is 79.3 Å². The Labute approximate surface area is 115 Å². The number of hydrogen-bond acceptors (Lipinski definition) is 4. The van der Waals surface area contributed by atoms with Gasteiger partial charge in [-0.25, -0.2) is 4.98 Å². The van der Waals surface area contributed by atoms with Gasteiger partial charge in [0.15, 0.2) is 0 Å². The van der Waals surface area contributed by atoms with E-state index in [9.17, 15) is 9.59 Å². The van der Waals surface area contributed by atoms with Crippen LogP contribution >= 0.6 is 27.7 Å². The summed E-state index contributed by atoms with van der Waals surface area (Å²) in [7, 11) is 0. The summed E-state index contributed by atoms with van der Waals surface area (Å²) in [6.07, 6.45) is 3.40. The van der Waals surface area contributed by atoms with Gasteiger partial charge < -0.3 is 5.32 Å². The quantitative estimate of drug-likeness (QED) is 0.498. The predicted molar refractivity (Wildman–Crippen MR) is 72.9 cm³/mol. The number of imidazole rings is 1. The first-order valence-corrected chi connectivity index (χ1v) is 6.99. The first-order chi connectivity index (χ1) is 8.59. The van der Waals surface area contributed by atoms with E-state index in [1.165, 1.54) is 18.7 Å². The first-order valence-electron chi connectivity index (χ1n) is 5.21. The molecule has 2 heterocycles. The average Bonchev–Trinajstić information content (AvgIpc) is 2.76. The number of rotatable bonds is 4. The normalized spacial score (nSPS) is 10.8. The van der Waals surface area contributed by atoms with E-state index in [1.807, 2.05) is 0 Å². The van der Waals surface area contributed by atoms with Crippen LogP contribution in [-0.2, 0) is 4.79 Å². The maximum atomic E-state index is 11.7. The zero-order valence-corrected chi connectivity index (χ0v) is 12.0. The maximum absolute atomic E-state index is 11.7. The predicted octanol–water partition coefficient (Wildman–Crippen LogP) is 1.01. The minimum atomic E-state index is -0.212. The van der Waals surface area contributed by atoms with Gasteiger partial charge >= 0.3 is 0 Å². The molecule has 2 aromatic heterocycles. The summed E-state index contributed by atoms with van der Waals surface area (Å²) >= 11 is 4.75. The number of aromatic nitrogens is 3. The van der Waals surface area contributed by atoms with Gasteiger partial charge in [0.1, 0.15) is 9.50 Å². The molecule has 2 aromatic rings. The van der Waals surface area contributed by atoms with E-state index in [0.29, 0.717) is 22.5 Å². The molecule has 0 aliphatic carbocycles. The number of amides is 1. The zero-order valence-electron chi connectivity index (χ0n) is 9.57. The number of aromatic amines is 1. The Kier molecular flexibility index (Phi) is 4.07.